The summed E-state index contributed by atoms with van der Waals surface area (Å²) >= 11 is 0. The fraction of sp³-hybridized carbons (Fsp3) is 0.940. The van der Waals surface area contributed by atoms with E-state index in [-0.39, 0.29) is 36.7 Å². The predicted octanol–water partition coefficient (Wildman–Crippen LogP) is 13.5. The summed E-state index contributed by atoms with van der Waals surface area (Å²) in [4.78, 5) is 39.8. The highest BCUT2D eigenvalue weighted by molar-refractivity contribution is 5.71. The molecule has 1 unspecified atom stereocenters. The molecule has 0 bridgehead atoms. The first-order chi connectivity index (χ1) is 28.3. The lowest BCUT2D eigenvalue weighted by Gasteiger charge is -2.19. The number of nitrogens with zero attached hydrogens (tertiary/aromatic N) is 1. The van der Waals surface area contributed by atoms with Gasteiger partial charge in [-0.05, 0) is 76.7 Å². The molecule has 1 aliphatic rings. The first-order valence-electron chi connectivity index (χ1n) is 25.1. The largest absolute Gasteiger partial charge is 0.466 e. The first-order valence-corrected chi connectivity index (χ1v) is 25.1. The minimum atomic E-state index is -0.252. The molecule has 1 rings (SSSR count). The van der Waals surface area contributed by atoms with Crippen molar-refractivity contribution in [2.24, 2.45) is 11.8 Å². The SMILES string of the molecule is CCCCCC(CCCCC)CCOC(=O)CCCCCCCC(CCCCCCCC(=O)OCCC(CCCCC)CCCCC)OC(=O)COC1CCN(C)C1. The molecule has 1 fully saturated rings. The van der Waals surface area contributed by atoms with Gasteiger partial charge in [-0.25, -0.2) is 4.79 Å². The predicted molar refractivity (Wildman–Crippen MR) is 241 cm³/mol. The summed E-state index contributed by atoms with van der Waals surface area (Å²) in [5, 5.41) is 0. The summed E-state index contributed by atoms with van der Waals surface area (Å²) in [5.41, 5.74) is 0. The van der Waals surface area contributed by atoms with Crippen LogP contribution in [0.4, 0.5) is 0 Å². The number of hydrogen-bond donors (Lipinski definition) is 0. The monoisotopic (exact) mass is 822 g/mol. The van der Waals surface area contributed by atoms with Crippen LogP contribution in [0, 0.1) is 11.8 Å². The maximum atomic E-state index is 12.8. The molecule has 0 aliphatic carbocycles. The fourth-order valence-corrected chi connectivity index (χ4v) is 8.46. The second-order valence-corrected chi connectivity index (χ2v) is 17.9. The van der Waals surface area contributed by atoms with Gasteiger partial charge in [-0.2, -0.15) is 0 Å². The molecule has 0 saturated carbocycles. The Kier molecular flexibility index (Phi) is 37.0. The second-order valence-electron chi connectivity index (χ2n) is 17.9. The van der Waals surface area contributed by atoms with Crippen LogP contribution in [0.3, 0.4) is 0 Å². The van der Waals surface area contributed by atoms with E-state index in [1.165, 1.54) is 103 Å². The van der Waals surface area contributed by atoms with Crippen LogP contribution in [0.25, 0.3) is 0 Å². The van der Waals surface area contributed by atoms with Crippen molar-refractivity contribution in [2.45, 2.75) is 252 Å². The Morgan fingerprint density at radius 3 is 1.29 bits per heavy atom. The average molecular weight is 822 g/mol. The van der Waals surface area contributed by atoms with Crippen molar-refractivity contribution < 1.29 is 33.3 Å². The topological polar surface area (TPSA) is 91.4 Å². The Morgan fingerprint density at radius 1 is 0.500 bits per heavy atom. The van der Waals surface area contributed by atoms with Crippen LogP contribution in [0.15, 0.2) is 0 Å². The summed E-state index contributed by atoms with van der Waals surface area (Å²) in [7, 11) is 2.08. The van der Waals surface area contributed by atoms with Crippen molar-refractivity contribution in [1.29, 1.82) is 0 Å². The molecule has 1 aliphatic heterocycles. The van der Waals surface area contributed by atoms with Gasteiger partial charge in [-0.3, -0.25) is 9.59 Å². The lowest BCUT2D eigenvalue weighted by Crippen LogP contribution is -2.26. The molecule has 0 N–H and O–H groups in total. The van der Waals surface area contributed by atoms with Gasteiger partial charge in [-0.15, -0.1) is 0 Å². The number of carbonyl (C=O) groups is 3. The molecule has 342 valence electrons. The maximum absolute atomic E-state index is 12.8. The van der Waals surface area contributed by atoms with Gasteiger partial charge >= 0.3 is 17.9 Å². The molecule has 0 radical (unpaired) electrons. The van der Waals surface area contributed by atoms with E-state index in [4.69, 9.17) is 18.9 Å². The number of likely N-dealkylation sites (tertiary alicyclic amines) is 1. The van der Waals surface area contributed by atoms with E-state index in [2.05, 4.69) is 39.6 Å². The van der Waals surface area contributed by atoms with Crippen LogP contribution in [-0.4, -0.2) is 75.0 Å². The van der Waals surface area contributed by atoms with Crippen LogP contribution in [0.2, 0.25) is 0 Å². The molecule has 8 heteroatoms. The van der Waals surface area contributed by atoms with Crippen LogP contribution in [0.5, 0.6) is 0 Å². The molecule has 0 aromatic rings. The minimum absolute atomic E-state index is 0.0257. The van der Waals surface area contributed by atoms with E-state index in [0.717, 1.165) is 109 Å². The molecule has 1 heterocycles. The molecule has 58 heavy (non-hydrogen) atoms. The second kappa shape index (κ2) is 39.5. The molecule has 0 aromatic heterocycles. The average Bonchev–Trinajstić information content (AvgIpc) is 3.63. The van der Waals surface area contributed by atoms with Crippen molar-refractivity contribution >= 4 is 17.9 Å². The van der Waals surface area contributed by atoms with E-state index >= 15 is 0 Å². The summed E-state index contributed by atoms with van der Waals surface area (Å²) in [5.74, 6) is 1.03. The number of hydrogen-bond acceptors (Lipinski definition) is 8. The number of carbonyl (C=O) groups excluding carboxylic acids is 3. The Bertz CT molecular complexity index is 884. The van der Waals surface area contributed by atoms with Gasteiger partial charge in [0.2, 0.25) is 0 Å². The highest BCUT2D eigenvalue weighted by Gasteiger charge is 2.22. The van der Waals surface area contributed by atoms with Crippen molar-refractivity contribution in [3.63, 3.8) is 0 Å². The molecular weight excluding hydrogens is 727 g/mol. The van der Waals surface area contributed by atoms with Crippen molar-refractivity contribution in [3.8, 4) is 0 Å². The van der Waals surface area contributed by atoms with Gasteiger partial charge < -0.3 is 23.8 Å². The Morgan fingerprint density at radius 2 is 0.897 bits per heavy atom. The maximum Gasteiger partial charge on any atom is 0.332 e. The third kappa shape index (κ3) is 33.1. The van der Waals surface area contributed by atoms with E-state index < -0.39 is 0 Å². The van der Waals surface area contributed by atoms with Crippen LogP contribution in [0.1, 0.15) is 240 Å². The highest BCUT2D eigenvalue weighted by atomic mass is 16.6. The van der Waals surface area contributed by atoms with Crippen LogP contribution >= 0.6 is 0 Å². The molecular formula is C50H95NO7. The van der Waals surface area contributed by atoms with Gasteiger partial charge in [0.1, 0.15) is 12.7 Å². The van der Waals surface area contributed by atoms with Gasteiger partial charge in [0, 0.05) is 25.9 Å². The minimum Gasteiger partial charge on any atom is -0.466 e. The zero-order chi connectivity index (χ0) is 42.3. The Balaban J connectivity index is 2.31. The lowest BCUT2D eigenvalue weighted by molar-refractivity contribution is -0.157. The van der Waals surface area contributed by atoms with Crippen LogP contribution in [-0.2, 0) is 33.3 Å². The van der Waals surface area contributed by atoms with E-state index in [1.54, 1.807) is 0 Å². The summed E-state index contributed by atoms with van der Waals surface area (Å²) in [6, 6.07) is 0. The number of likely N-dealkylation sites (N-methyl/N-ethyl adjacent to an activating group) is 1. The Hall–Kier alpha value is -1.67. The van der Waals surface area contributed by atoms with Crippen molar-refractivity contribution in [2.75, 3.05) is 40.0 Å². The van der Waals surface area contributed by atoms with E-state index in [0.29, 0.717) is 37.9 Å². The van der Waals surface area contributed by atoms with Crippen molar-refractivity contribution in [3.05, 3.63) is 0 Å². The Labute approximate surface area is 358 Å². The molecule has 0 amide bonds. The van der Waals surface area contributed by atoms with E-state index in [9.17, 15) is 14.4 Å². The quantitative estimate of drug-likeness (QED) is 0.0341. The molecule has 8 nitrogen and oxygen atoms in total. The number of unbranched alkanes of at least 4 members (excludes halogenated alkanes) is 16. The molecule has 0 aromatic carbocycles. The van der Waals surface area contributed by atoms with Gasteiger partial charge in [0.15, 0.2) is 0 Å². The fourth-order valence-electron chi connectivity index (χ4n) is 8.46. The first kappa shape index (κ1) is 54.3. The molecule has 1 atom stereocenters. The summed E-state index contributed by atoms with van der Waals surface area (Å²) in [6.45, 7) is 12.0. The summed E-state index contributed by atoms with van der Waals surface area (Å²) in [6.07, 6.45) is 36.2. The van der Waals surface area contributed by atoms with Gasteiger partial charge in [0.25, 0.3) is 0 Å². The zero-order valence-corrected chi connectivity index (χ0v) is 39.0. The standard InChI is InChI=1S/C50H95NO7/c1-6-10-20-28-44(29-21-11-7-2)37-40-55-48(52)34-26-18-14-16-24-32-46(58-50(54)43-57-47-36-39-51(5)42-47)33-25-17-15-19-27-35-49(53)56-41-38-45(30-22-12-8-3)31-23-13-9-4/h44-47H,6-43H2,1-5H3. The number of rotatable bonds is 42. The zero-order valence-electron chi connectivity index (χ0n) is 39.0. The smallest absolute Gasteiger partial charge is 0.332 e. The van der Waals surface area contributed by atoms with Gasteiger partial charge in [-0.1, -0.05) is 169 Å². The number of esters is 3. The third-order valence-corrected chi connectivity index (χ3v) is 12.3. The van der Waals surface area contributed by atoms with Crippen LogP contribution < -0.4 is 0 Å². The molecule has 1 saturated heterocycles. The summed E-state index contributed by atoms with van der Waals surface area (Å²) < 4.78 is 23.1. The van der Waals surface area contributed by atoms with E-state index in [1.807, 2.05) is 0 Å². The lowest BCUT2D eigenvalue weighted by atomic mass is 9.92. The molecule has 0 spiro atoms. The normalized spacial score (nSPS) is 14.6. The highest BCUT2D eigenvalue weighted by Crippen LogP contribution is 2.23. The van der Waals surface area contributed by atoms with Gasteiger partial charge in [0.05, 0.1) is 19.3 Å². The van der Waals surface area contributed by atoms with Crippen molar-refractivity contribution in [1.82, 2.24) is 4.90 Å². The third-order valence-electron chi connectivity index (χ3n) is 12.3. The number of ether oxygens (including phenoxy) is 4.